The number of hydrogen-bond donors (Lipinski definition) is 3. The number of fused-ring (bicyclic) bond motifs is 3. The Morgan fingerprint density at radius 3 is 2.21 bits per heavy atom. The number of nitrogens with one attached hydrogen (secondary N) is 2. The van der Waals surface area contributed by atoms with Gasteiger partial charge in [-0.05, 0) is 29.2 Å². The molecule has 8 nitrogen and oxygen atoms in total. The summed E-state index contributed by atoms with van der Waals surface area (Å²) in [5.74, 6) is -1.56. The van der Waals surface area contributed by atoms with E-state index in [-0.39, 0.29) is 45.0 Å². The first kappa shape index (κ1) is 22.8. The molecule has 8 heteroatoms. The van der Waals surface area contributed by atoms with Crippen LogP contribution in [-0.4, -0.2) is 54.5 Å². The average Bonchev–Trinajstić information content (AvgIpc) is 3.12. The van der Waals surface area contributed by atoms with E-state index in [0.717, 1.165) is 22.3 Å². The number of carboxylic acid groups (broad SMARTS) is 1. The molecule has 0 aromatic heterocycles. The number of amides is 2. The monoisotopic (exact) mass is 452 g/mol. The Labute approximate surface area is 192 Å². The normalized spacial score (nSPS) is 17.4. The van der Waals surface area contributed by atoms with E-state index >= 15 is 0 Å². The molecule has 2 aromatic carbocycles. The van der Waals surface area contributed by atoms with E-state index in [1.54, 1.807) is 6.92 Å². The Bertz CT molecular complexity index is 1000. The molecule has 1 unspecified atom stereocenters. The lowest BCUT2D eigenvalue weighted by Crippen LogP contribution is -2.58. The Hall–Kier alpha value is -3.39. The third-order valence-electron chi connectivity index (χ3n) is 6.33. The predicted octanol–water partition coefficient (Wildman–Crippen LogP) is 3.05. The van der Waals surface area contributed by atoms with Gasteiger partial charge in [-0.1, -0.05) is 48.5 Å². The van der Waals surface area contributed by atoms with E-state index in [1.807, 2.05) is 36.4 Å². The topological polar surface area (TPSA) is 114 Å². The summed E-state index contributed by atoms with van der Waals surface area (Å²) in [7, 11) is 0. The van der Waals surface area contributed by atoms with Gasteiger partial charge < -0.3 is 25.2 Å². The van der Waals surface area contributed by atoms with E-state index in [9.17, 15) is 19.5 Å². The zero-order chi connectivity index (χ0) is 23.4. The molecule has 0 radical (unpaired) electrons. The van der Waals surface area contributed by atoms with Gasteiger partial charge in [0.15, 0.2) is 0 Å². The van der Waals surface area contributed by atoms with Crippen molar-refractivity contribution in [3.63, 3.8) is 0 Å². The molecule has 1 heterocycles. The number of carbonyl (C=O) groups excluding carboxylic acids is 2. The lowest BCUT2D eigenvalue weighted by atomic mass is 9.90. The Balaban J connectivity index is 1.30. The molecule has 33 heavy (non-hydrogen) atoms. The third-order valence-corrected chi connectivity index (χ3v) is 6.33. The number of hydrogen-bond acceptors (Lipinski definition) is 5. The molecular weight excluding hydrogens is 424 g/mol. The zero-order valence-electron chi connectivity index (χ0n) is 18.5. The molecule has 1 aliphatic heterocycles. The van der Waals surface area contributed by atoms with Crippen molar-refractivity contribution in [3.05, 3.63) is 59.7 Å². The van der Waals surface area contributed by atoms with Gasteiger partial charge in [-0.3, -0.25) is 4.79 Å². The highest BCUT2D eigenvalue weighted by Gasteiger charge is 2.41. The van der Waals surface area contributed by atoms with Gasteiger partial charge in [0.1, 0.15) is 12.1 Å². The van der Waals surface area contributed by atoms with Crippen molar-refractivity contribution in [1.82, 2.24) is 10.6 Å². The number of benzene rings is 2. The number of aliphatic carboxylic acids is 1. The van der Waals surface area contributed by atoms with Crippen LogP contribution in [-0.2, 0) is 19.1 Å². The Morgan fingerprint density at radius 1 is 1.06 bits per heavy atom. The Kier molecular flexibility index (Phi) is 6.65. The lowest BCUT2D eigenvalue weighted by molar-refractivity contribution is -0.152. The molecule has 0 spiro atoms. The van der Waals surface area contributed by atoms with Gasteiger partial charge >= 0.3 is 12.1 Å². The molecule has 1 aliphatic carbocycles. The lowest BCUT2D eigenvalue weighted by Gasteiger charge is -2.34. The van der Waals surface area contributed by atoms with Gasteiger partial charge in [0.25, 0.3) is 0 Å². The van der Waals surface area contributed by atoms with Crippen LogP contribution in [0.3, 0.4) is 0 Å². The molecule has 0 saturated carbocycles. The second-order valence-corrected chi connectivity index (χ2v) is 8.62. The van der Waals surface area contributed by atoms with Crippen LogP contribution < -0.4 is 10.6 Å². The van der Waals surface area contributed by atoms with Crippen LogP contribution >= 0.6 is 0 Å². The minimum atomic E-state index is -1.32. The van der Waals surface area contributed by atoms with Crippen LogP contribution in [0.1, 0.15) is 43.2 Å². The molecule has 3 N–H and O–H groups in total. The minimum Gasteiger partial charge on any atom is -0.480 e. The van der Waals surface area contributed by atoms with Crippen LogP contribution in [0.4, 0.5) is 4.79 Å². The number of rotatable bonds is 7. The number of carboxylic acids is 1. The first-order valence-corrected chi connectivity index (χ1v) is 11.1. The fourth-order valence-electron chi connectivity index (χ4n) is 4.60. The second kappa shape index (κ2) is 9.62. The van der Waals surface area contributed by atoms with Gasteiger partial charge in [0.05, 0.1) is 0 Å². The first-order chi connectivity index (χ1) is 15.9. The summed E-state index contributed by atoms with van der Waals surface area (Å²) in [6, 6.07) is 15.6. The highest BCUT2D eigenvalue weighted by Crippen LogP contribution is 2.44. The summed E-state index contributed by atoms with van der Waals surface area (Å²) < 4.78 is 10.7. The van der Waals surface area contributed by atoms with Crippen LogP contribution in [0.2, 0.25) is 0 Å². The molecule has 1 saturated heterocycles. The SMILES string of the molecule is CC(CC(=O)NC1(C(=O)O)CCOCC1)NC(=O)OCC1c2ccccc2-c2ccccc21. The summed E-state index contributed by atoms with van der Waals surface area (Å²) in [5.41, 5.74) is 3.21. The minimum absolute atomic E-state index is 0.0503. The summed E-state index contributed by atoms with van der Waals surface area (Å²) in [5, 5.41) is 14.9. The summed E-state index contributed by atoms with van der Waals surface area (Å²) in [6.45, 7) is 2.42. The fraction of sp³-hybridized carbons (Fsp3) is 0.400. The molecule has 1 fully saturated rings. The van der Waals surface area contributed by atoms with Crippen LogP contribution in [0.25, 0.3) is 11.1 Å². The highest BCUT2D eigenvalue weighted by atomic mass is 16.5. The smallest absolute Gasteiger partial charge is 0.407 e. The van der Waals surface area contributed by atoms with Gasteiger partial charge in [-0.15, -0.1) is 0 Å². The maximum absolute atomic E-state index is 12.4. The van der Waals surface area contributed by atoms with Crippen molar-refractivity contribution in [2.45, 2.75) is 43.7 Å². The van der Waals surface area contributed by atoms with E-state index in [4.69, 9.17) is 9.47 Å². The molecule has 2 amide bonds. The first-order valence-electron chi connectivity index (χ1n) is 11.1. The summed E-state index contributed by atoms with van der Waals surface area (Å²) in [4.78, 5) is 36.5. The number of ether oxygens (including phenoxy) is 2. The molecular formula is C25H28N2O6. The predicted molar refractivity (Wildman–Crippen MR) is 121 cm³/mol. The van der Waals surface area contributed by atoms with Crippen LogP contribution in [0, 0.1) is 0 Å². The maximum atomic E-state index is 12.4. The largest absolute Gasteiger partial charge is 0.480 e. The molecule has 4 rings (SSSR count). The van der Waals surface area contributed by atoms with Crippen LogP contribution in [0.15, 0.2) is 48.5 Å². The van der Waals surface area contributed by atoms with E-state index in [0.29, 0.717) is 0 Å². The average molecular weight is 453 g/mol. The maximum Gasteiger partial charge on any atom is 0.407 e. The molecule has 174 valence electrons. The van der Waals surface area contributed by atoms with Crippen LogP contribution in [0.5, 0.6) is 0 Å². The second-order valence-electron chi connectivity index (χ2n) is 8.62. The van der Waals surface area contributed by atoms with Crippen molar-refractivity contribution >= 4 is 18.0 Å². The van der Waals surface area contributed by atoms with E-state index in [1.165, 1.54) is 0 Å². The van der Waals surface area contributed by atoms with Gasteiger partial charge in [-0.25, -0.2) is 9.59 Å². The van der Waals surface area contributed by atoms with Gasteiger partial charge in [0.2, 0.25) is 5.91 Å². The zero-order valence-corrected chi connectivity index (χ0v) is 18.5. The summed E-state index contributed by atoms with van der Waals surface area (Å²) >= 11 is 0. The van der Waals surface area contributed by atoms with Gasteiger partial charge in [0, 0.05) is 44.4 Å². The molecule has 2 aromatic rings. The van der Waals surface area contributed by atoms with E-state index < -0.39 is 29.6 Å². The number of alkyl carbamates (subject to hydrolysis) is 1. The van der Waals surface area contributed by atoms with E-state index in [2.05, 4.69) is 22.8 Å². The van der Waals surface area contributed by atoms with Crippen molar-refractivity contribution in [2.24, 2.45) is 0 Å². The van der Waals surface area contributed by atoms with Crippen molar-refractivity contribution in [2.75, 3.05) is 19.8 Å². The standard InChI is InChI=1S/C25H28N2O6/c1-16(14-22(28)27-25(23(29)30)10-12-32-13-11-25)26-24(31)33-15-21-19-8-4-2-6-17(19)18-7-3-5-9-20(18)21/h2-9,16,21H,10-15H2,1H3,(H,26,31)(H,27,28)(H,29,30). The molecule has 0 bridgehead atoms. The highest BCUT2D eigenvalue weighted by molar-refractivity contribution is 5.87. The van der Waals surface area contributed by atoms with Crippen molar-refractivity contribution in [3.8, 4) is 11.1 Å². The quantitative estimate of drug-likeness (QED) is 0.595. The molecule has 1 atom stereocenters. The molecule has 2 aliphatic rings. The summed E-state index contributed by atoms with van der Waals surface area (Å²) in [6.07, 6.45) is -0.249. The number of carbonyl (C=O) groups is 3. The third kappa shape index (κ3) is 4.85. The van der Waals surface area contributed by atoms with Gasteiger partial charge in [-0.2, -0.15) is 0 Å². The Morgan fingerprint density at radius 2 is 1.64 bits per heavy atom. The van der Waals surface area contributed by atoms with Crippen molar-refractivity contribution < 1.29 is 29.0 Å². The fourth-order valence-corrected chi connectivity index (χ4v) is 4.60. The van der Waals surface area contributed by atoms with Crippen molar-refractivity contribution in [1.29, 1.82) is 0 Å².